The summed E-state index contributed by atoms with van der Waals surface area (Å²) in [6.07, 6.45) is 0.143. The number of pyridine rings is 1. The molecule has 5 aromatic carbocycles. The zero-order valence-electron chi connectivity index (χ0n) is 40.2. The van der Waals surface area contributed by atoms with Crippen LogP contribution in [0.25, 0.3) is 11.1 Å². The van der Waals surface area contributed by atoms with Crippen LogP contribution in [0.4, 0.5) is 17.2 Å². The van der Waals surface area contributed by atoms with Crippen molar-refractivity contribution in [1.82, 2.24) is 4.98 Å². The molecule has 0 fully saturated rings. The number of aliphatic imine (C=N–C) groups is 1. The second-order valence-electron chi connectivity index (χ2n) is 20.0. The van der Waals surface area contributed by atoms with E-state index in [0.29, 0.717) is 23.0 Å². The Morgan fingerprint density at radius 1 is 0.721 bits per heavy atom. The van der Waals surface area contributed by atoms with E-state index in [4.69, 9.17) is 19.5 Å². The third kappa shape index (κ3) is 6.49. The number of fused-ring (bicyclic) bond motifs is 5. The van der Waals surface area contributed by atoms with Crippen molar-refractivity contribution in [3.63, 3.8) is 0 Å². The van der Waals surface area contributed by atoms with Gasteiger partial charge in [-0.25, -0.2) is 9.98 Å². The molecule has 0 unspecified atom stereocenters. The van der Waals surface area contributed by atoms with Crippen molar-refractivity contribution in [2.75, 3.05) is 4.90 Å². The molecule has 6 aromatic rings. The first kappa shape index (κ1) is 38.3. The average Bonchev–Trinajstić information content (AvgIpc) is 3.59. The lowest BCUT2D eigenvalue weighted by Gasteiger charge is -2.41. The predicted molar refractivity (Wildman–Crippen MR) is 253 cm³/mol. The second kappa shape index (κ2) is 14.2. The maximum atomic E-state index is 9.64. The fourth-order valence-corrected chi connectivity index (χ4v) is 9.79. The smallest absolute Gasteiger partial charge is 0.217 e. The summed E-state index contributed by atoms with van der Waals surface area (Å²) in [4.78, 5) is 12.5. The molecule has 0 bridgehead atoms. The number of rotatable bonds is 7. The fourth-order valence-electron chi connectivity index (χ4n) is 9.79. The number of ether oxygens (including phenoxy) is 2. The highest BCUT2D eigenvalue weighted by Crippen LogP contribution is 2.55. The highest BCUT2D eigenvalue weighted by atomic mass is 16.5. The van der Waals surface area contributed by atoms with E-state index in [2.05, 4.69) is 158 Å². The van der Waals surface area contributed by atoms with Crippen LogP contribution in [-0.2, 0) is 27.5 Å². The van der Waals surface area contributed by atoms with Crippen LogP contribution in [0.2, 0.25) is 0 Å². The molecule has 0 amide bonds. The minimum absolute atomic E-state index is 0.0581. The van der Waals surface area contributed by atoms with Crippen LogP contribution in [0.1, 0.15) is 146 Å². The summed E-state index contributed by atoms with van der Waals surface area (Å²) < 4.78 is 33.4. The van der Waals surface area contributed by atoms with Gasteiger partial charge in [-0.3, -0.25) is 4.90 Å². The quantitative estimate of drug-likeness (QED) is 0.161. The summed E-state index contributed by atoms with van der Waals surface area (Å²) in [7, 11) is 0. The van der Waals surface area contributed by atoms with E-state index in [1.54, 1.807) is 0 Å². The molecule has 0 spiro atoms. The minimum atomic E-state index is -1.77. The molecule has 2 atom stereocenters. The van der Waals surface area contributed by atoms with Crippen molar-refractivity contribution < 1.29 is 12.2 Å². The molecular weight excluding hydrogens is 747 g/mol. The number of anilines is 3. The molecule has 0 saturated carbocycles. The summed E-state index contributed by atoms with van der Waals surface area (Å²) in [5.74, 6) is 3.12. The van der Waals surface area contributed by atoms with Gasteiger partial charge in [0.15, 0.2) is 5.60 Å². The highest BCUT2D eigenvalue weighted by Gasteiger charge is 2.59. The van der Waals surface area contributed by atoms with Gasteiger partial charge in [-0.05, 0) is 143 Å². The lowest BCUT2D eigenvalue weighted by atomic mass is 9.73. The molecule has 9 rings (SSSR count). The van der Waals surface area contributed by atoms with Gasteiger partial charge >= 0.3 is 0 Å². The molecule has 1 aliphatic carbocycles. The monoisotopic (exact) mass is 809 g/mol. The summed E-state index contributed by atoms with van der Waals surface area (Å²) in [5.41, 5.74) is 12.1. The maximum Gasteiger partial charge on any atom is 0.217 e. The summed E-state index contributed by atoms with van der Waals surface area (Å²) >= 11 is 0. The molecule has 3 aliphatic rings. The number of para-hydroxylation sites is 1. The van der Waals surface area contributed by atoms with E-state index in [9.17, 15) is 2.74 Å². The molecule has 61 heavy (non-hydrogen) atoms. The molecular formula is C56H61N3O2. The van der Waals surface area contributed by atoms with Gasteiger partial charge in [0.25, 0.3) is 0 Å². The molecule has 1 aromatic heterocycles. The van der Waals surface area contributed by atoms with E-state index in [-0.39, 0.29) is 22.7 Å². The van der Waals surface area contributed by atoms with Gasteiger partial charge in [-0.15, -0.1) is 0 Å². The summed E-state index contributed by atoms with van der Waals surface area (Å²) in [5, 5.41) is 0. The van der Waals surface area contributed by atoms with E-state index < -0.39 is 17.5 Å². The number of aromatic nitrogens is 1. The normalized spacial score (nSPS) is 21.2. The Bertz CT molecular complexity index is 2840. The molecule has 0 radical (unpaired) electrons. The Balaban J connectivity index is 1.22. The third-order valence-corrected chi connectivity index (χ3v) is 13.8. The second-order valence-corrected chi connectivity index (χ2v) is 20.0. The molecule has 3 heterocycles. The third-order valence-electron chi connectivity index (χ3n) is 13.8. The first-order valence-corrected chi connectivity index (χ1v) is 22.0. The van der Waals surface area contributed by atoms with E-state index in [1.165, 1.54) is 33.4 Å². The van der Waals surface area contributed by atoms with Crippen molar-refractivity contribution in [2.45, 2.75) is 130 Å². The molecule has 5 nitrogen and oxygen atoms in total. The molecule has 312 valence electrons. The Hall–Kier alpha value is -5.68. The number of hydrogen-bond donors (Lipinski definition) is 0. The van der Waals surface area contributed by atoms with E-state index >= 15 is 0 Å². The van der Waals surface area contributed by atoms with Crippen molar-refractivity contribution >= 4 is 23.1 Å². The van der Waals surface area contributed by atoms with Crippen molar-refractivity contribution in [2.24, 2.45) is 4.99 Å². The van der Waals surface area contributed by atoms with Crippen molar-refractivity contribution in [1.29, 1.82) is 0 Å². The van der Waals surface area contributed by atoms with Gasteiger partial charge < -0.3 is 9.47 Å². The average molecular weight is 810 g/mol. The summed E-state index contributed by atoms with van der Waals surface area (Å²) in [6.45, 7) is 28.2. The molecule has 0 N–H and O–H groups in total. The van der Waals surface area contributed by atoms with Crippen LogP contribution in [0.15, 0.2) is 114 Å². The number of benzene rings is 5. The van der Waals surface area contributed by atoms with Gasteiger partial charge in [0, 0.05) is 37.9 Å². The van der Waals surface area contributed by atoms with Crippen molar-refractivity contribution in [3.05, 3.63) is 165 Å². The largest absolute Gasteiger partial charge is 0.464 e. The van der Waals surface area contributed by atoms with Crippen LogP contribution >= 0.6 is 0 Å². The molecule has 0 saturated heterocycles. The highest BCUT2D eigenvalue weighted by molar-refractivity contribution is 5.98. The maximum absolute atomic E-state index is 9.64. The van der Waals surface area contributed by atoms with Crippen LogP contribution in [0.5, 0.6) is 11.5 Å². The zero-order chi connectivity index (χ0) is 45.2. The molecule has 2 aliphatic heterocycles. The Morgan fingerprint density at radius 2 is 1.39 bits per heavy atom. The van der Waals surface area contributed by atoms with E-state index in [1.807, 2.05) is 46.0 Å². The molecule has 5 heteroatoms. The Kier molecular flexibility index (Phi) is 8.90. The Morgan fingerprint density at radius 3 is 2.10 bits per heavy atom. The number of hydrogen-bond acceptors (Lipinski definition) is 5. The topological polar surface area (TPSA) is 47.0 Å². The SMILES string of the molecule is [2H]C1([2H])c2c(ccc(C)c2C)[C@]2(C)OC(c3cc(Oc4ccc5c(c4)N(c4cc(C(C)(C)C)ccn4)c4ccccc4C5(C)C)cc(-c4c(C(C)C)cccc4C(C)C)c3)=N[C@]12C. The van der Waals surface area contributed by atoms with Gasteiger partial charge in [0.1, 0.15) is 22.9 Å². The lowest BCUT2D eigenvalue weighted by molar-refractivity contribution is 0.0450. The van der Waals surface area contributed by atoms with Gasteiger partial charge in [-0.1, -0.05) is 117 Å². The lowest BCUT2D eigenvalue weighted by Crippen LogP contribution is -2.40. The van der Waals surface area contributed by atoms with Crippen LogP contribution in [0.3, 0.4) is 0 Å². The zero-order valence-corrected chi connectivity index (χ0v) is 38.2. The standard InChI is InChI=1S/C56H61N3O2/c1-33(2)42-17-16-18-43(34(3)4)51(42)37-27-38(52-58-55(12)32-44-36(6)35(5)21-23-45(44)56(55,13)61-52)29-41(28-37)60-40-22-24-47-49(31-40)59(48-20-15-14-19-46(48)54(47,10)11)50-30-39(25-26-57-50)53(7,8)9/h14-31,33-34H,32H2,1-13H3/t55-,56+/m1/s1/i32D2. The first-order valence-electron chi connectivity index (χ1n) is 23.0. The number of nitrogens with zero attached hydrogens (tertiary/aromatic N) is 3. The van der Waals surface area contributed by atoms with Gasteiger partial charge in [0.2, 0.25) is 5.90 Å². The first-order chi connectivity index (χ1) is 29.6. The number of aryl methyl sites for hydroxylation is 1. The van der Waals surface area contributed by atoms with Crippen LogP contribution in [-0.4, -0.2) is 16.4 Å². The van der Waals surface area contributed by atoms with Gasteiger partial charge in [-0.2, -0.15) is 0 Å². The Labute approximate surface area is 366 Å². The fraction of sp³-hybridized carbons (Fsp3) is 0.357. The van der Waals surface area contributed by atoms with Gasteiger partial charge in [0.05, 0.1) is 11.4 Å². The minimum Gasteiger partial charge on any atom is -0.464 e. The van der Waals surface area contributed by atoms with Crippen LogP contribution in [0, 0.1) is 13.8 Å². The van der Waals surface area contributed by atoms with E-state index in [0.717, 1.165) is 45.0 Å². The summed E-state index contributed by atoms with van der Waals surface area (Å²) in [6, 6.07) is 36.4. The van der Waals surface area contributed by atoms with Crippen molar-refractivity contribution in [3.8, 4) is 22.6 Å². The van der Waals surface area contributed by atoms with Crippen LogP contribution < -0.4 is 9.64 Å². The predicted octanol–water partition coefficient (Wildman–Crippen LogP) is 14.8.